The van der Waals surface area contributed by atoms with Gasteiger partial charge in [0.05, 0.1) is 15.8 Å². The first-order valence-corrected chi connectivity index (χ1v) is 13.2. The molecule has 0 bridgehead atoms. The van der Waals surface area contributed by atoms with E-state index in [1.165, 1.54) is 11.8 Å². The van der Waals surface area contributed by atoms with Crippen LogP contribution in [0.4, 0.5) is 0 Å². The SMILES string of the molecule is CC[C@@H](C(=O)NCC(C)C)N(Cc1ccc(Cl)c(Cl)c1)C(=O)CSCc1ccc(Br)cc1. The second kappa shape index (κ2) is 13.5. The second-order valence-electron chi connectivity index (χ2n) is 7.95. The summed E-state index contributed by atoms with van der Waals surface area (Å²) in [4.78, 5) is 27.8. The van der Waals surface area contributed by atoms with Crippen LogP contribution in [-0.4, -0.2) is 35.1 Å². The summed E-state index contributed by atoms with van der Waals surface area (Å²) in [6.45, 7) is 6.87. The fourth-order valence-corrected chi connectivity index (χ4v) is 4.55. The zero-order valence-corrected chi connectivity index (χ0v) is 22.5. The van der Waals surface area contributed by atoms with Crippen molar-refractivity contribution in [2.45, 2.75) is 45.5 Å². The third kappa shape index (κ3) is 8.62. The Kier molecular flexibility index (Phi) is 11.4. The molecule has 0 radical (unpaired) electrons. The van der Waals surface area contributed by atoms with Crippen LogP contribution in [0.3, 0.4) is 0 Å². The Morgan fingerprint density at radius 2 is 1.72 bits per heavy atom. The van der Waals surface area contributed by atoms with E-state index < -0.39 is 6.04 Å². The molecular formula is C24H29BrCl2N2O2S. The van der Waals surface area contributed by atoms with Crippen LogP contribution >= 0.6 is 50.9 Å². The summed E-state index contributed by atoms with van der Waals surface area (Å²) in [5.74, 6) is 1.12. The number of carbonyl (C=O) groups is 2. The molecule has 2 aromatic rings. The van der Waals surface area contributed by atoms with Crippen molar-refractivity contribution in [2.24, 2.45) is 5.92 Å². The molecule has 4 nitrogen and oxygen atoms in total. The maximum absolute atomic E-state index is 13.2. The molecule has 0 fully saturated rings. The van der Waals surface area contributed by atoms with E-state index in [0.29, 0.717) is 35.5 Å². The van der Waals surface area contributed by atoms with Crippen LogP contribution in [0.25, 0.3) is 0 Å². The topological polar surface area (TPSA) is 49.4 Å². The summed E-state index contributed by atoms with van der Waals surface area (Å²) in [6.07, 6.45) is 0.522. The molecule has 0 aliphatic carbocycles. The lowest BCUT2D eigenvalue weighted by Crippen LogP contribution is -2.50. The average Bonchev–Trinajstić information content (AvgIpc) is 2.75. The number of carbonyl (C=O) groups excluding carboxylic acids is 2. The second-order valence-corrected chi connectivity index (χ2v) is 10.7. The highest BCUT2D eigenvalue weighted by Crippen LogP contribution is 2.25. The van der Waals surface area contributed by atoms with Gasteiger partial charge in [-0.3, -0.25) is 9.59 Å². The predicted molar refractivity (Wildman–Crippen MR) is 139 cm³/mol. The Morgan fingerprint density at radius 1 is 1.06 bits per heavy atom. The molecular weight excluding hydrogens is 531 g/mol. The van der Waals surface area contributed by atoms with Gasteiger partial charge in [-0.05, 0) is 47.7 Å². The minimum absolute atomic E-state index is 0.0790. The van der Waals surface area contributed by atoms with Crippen LogP contribution in [0.1, 0.15) is 38.3 Å². The standard InChI is InChI=1S/C24H29BrCl2N2O2S/c1-4-22(24(31)28-12-16(2)3)29(13-18-7-10-20(26)21(27)11-18)23(30)15-32-14-17-5-8-19(25)9-6-17/h5-11,16,22H,4,12-15H2,1-3H3,(H,28,31)/t22-/m0/s1. The van der Waals surface area contributed by atoms with E-state index in [1.54, 1.807) is 17.0 Å². The van der Waals surface area contributed by atoms with Crippen molar-refractivity contribution in [3.8, 4) is 0 Å². The lowest BCUT2D eigenvalue weighted by Gasteiger charge is -2.31. The number of amides is 2. The first-order chi connectivity index (χ1) is 15.2. The van der Waals surface area contributed by atoms with Crippen molar-refractivity contribution in [2.75, 3.05) is 12.3 Å². The van der Waals surface area contributed by atoms with Crippen LogP contribution in [0.2, 0.25) is 10.0 Å². The van der Waals surface area contributed by atoms with Gasteiger partial charge in [0.15, 0.2) is 0 Å². The van der Waals surface area contributed by atoms with Gasteiger partial charge in [0, 0.05) is 23.3 Å². The summed E-state index contributed by atoms with van der Waals surface area (Å²) in [5, 5.41) is 3.86. The van der Waals surface area contributed by atoms with Crippen LogP contribution in [0.5, 0.6) is 0 Å². The molecule has 0 spiro atoms. The lowest BCUT2D eigenvalue weighted by molar-refractivity contribution is -0.139. The lowest BCUT2D eigenvalue weighted by atomic mass is 10.1. The fraction of sp³-hybridized carbons (Fsp3) is 0.417. The van der Waals surface area contributed by atoms with E-state index >= 15 is 0 Å². The number of thioether (sulfide) groups is 1. The first kappa shape index (κ1) is 27.0. The number of hydrogen-bond acceptors (Lipinski definition) is 3. The molecule has 0 saturated heterocycles. The summed E-state index contributed by atoms with van der Waals surface area (Å²) in [6, 6.07) is 12.8. The Hall–Kier alpha value is -1.21. The molecule has 0 heterocycles. The van der Waals surface area contributed by atoms with Gasteiger partial charge in [0.1, 0.15) is 6.04 Å². The largest absolute Gasteiger partial charge is 0.354 e. The molecule has 0 saturated carbocycles. The zero-order valence-electron chi connectivity index (χ0n) is 18.5. The summed E-state index contributed by atoms with van der Waals surface area (Å²) in [7, 11) is 0. The average molecular weight is 560 g/mol. The minimum Gasteiger partial charge on any atom is -0.354 e. The van der Waals surface area contributed by atoms with Crippen molar-refractivity contribution in [3.63, 3.8) is 0 Å². The van der Waals surface area contributed by atoms with E-state index in [-0.39, 0.29) is 17.6 Å². The van der Waals surface area contributed by atoms with Crippen LogP contribution in [0.15, 0.2) is 46.9 Å². The van der Waals surface area contributed by atoms with E-state index in [0.717, 1.165) is 21.4 Å². The van der Waals surface area contributed by atoms with E-state index in [9.17, 15) is 9.59 Å². The molecule has 8 heteroatoms. The summed E-state index contributed by atoms with van der Waals surface area (Å²) < 4.78 is 1.02. The molecule has 0 unspecified atom stereocenters. The number of benzene rings is 2. The van der Waals surface area contributed by atoms with Gasteiger partial charge >= 0.3 is 0 Å². The van der Waals surface area contributed by atoms with Crippen molar-refractivity contribution in [1.29, 1.82) is 0 Å². The normalized spacial score (nSPS) is 12.0. The molecule has 2 rings (SSSR count). The third-order valence-electron chi connectivity index (χ3n) is 4.81. The van der Waals surface area contributed by atoms with Gasteiger partial charge in [-0.25, -0.2) is 0 Å². The monoisotopic (exact) mass is 558 g/mol. The van der Waals surface area contributed by atoms with E-state index in [4.69, 9.17) is 23.2 Å². The van der Waals surface area contributed by atoms with Crippen molar-refractivity contribution >= 4 is 62.7 Å². The van der Waals surface area contributed by atoms with Crippen LogP contribution in [-0.2, 0) is 21.9 Å². The van der Waals surface area contributed by atoms with Gasteiger partial charge < -0.3 is 10.2 Å². The Morgan fingerprint density at radius 3 is 2.31 bits per heavy atom. The molecule has 0 aliphatic heterocycles. The van der Waals surface area contributed by atoms with Crippen molar-refractivity contribution in [1.82, 2.24) is 10.2 Å². The molecule has 1 N–H and O–H groups in total. The number of nitrogens with zero attached hydrogens (tertiary/aromatic N) is 1. The molecule has 1 atom stereocenters. The predicted octanol–water partition coefficient (Wildman–Crippen LogP) is 6.57. The number of halogens is 3. The van der Waals surface area contributed by atoms with Gasteiger partial charge in [0.2, 0.25) is 11.8 Å². The third-order valence-corrected chi connectivity index (χ3v) is 7.07. The summed E-state index contributed by atoms with van der Waals surface area (Å²) in [5.41, 5.74) is 1.98. The molecule has 2 aromatic carbocycles. The highest BCUT2D eigenvalue weighted by atomic mass is 79.9. The Balaban J connectivity index is 2.14. The van der Waals surface area contributed by atoms with Crippen molar-refractivity contribution in [3.05, 3.63) is 68.1 Å². The maximum Gasteiger partial charge on any atom is 0.242 e. The zero-order chi connectivity index (χ0) is 23.7. The quantitative estimate of drug-likeness (QED) is 0.339. The minimum atomic E-state index is -0.552. The Bertz CT molecular complexity index is 909. The fourth-order valence-electron chi connectivity index (χ4n) is 3.10. The van der Waals surface area contributed by atoms with Crippen molar-refractivity contribution < 1.29 is 9.59 Å². The molecule has 0 aliphatic rings. The van der Waals surface area contributed by atoms with Gasteiger partial charge in [-0.2, -0.15) is 0 Å². The van der Waals surface area contributed by atoms with Gasteiger partial charge in [-0.1, -0.05) is 78.1 Å². The smallest absolute Gasteiger partial charge is 0.242 e. The molecule has 2 amide bonds. The number of rotatable bonds is 11. The van der Waals surface area contributed by atoms with Gasteiger partial charge in [0.25, 0.3) is 0 Å². The Labute approximate surface area is 213 Å². The maximum atomic E-state index is 13.2. The number of nitrogens with one attached hydrogen (secondary N) is 1. The highest BCUT2D eigenvalue weighted by molar-refractivity contribution is 9.10. The highest BCUT2D eigenvalue weighted by Gasteiger charge is 2.28. The molecule has 32 heavy (non-hydrogen) atoms. The van der Waals surface area contributed by atoms with Crippen LogP contribution in [0, 0.1) is 5.92 Å². The summed E-state index contributed by atoms with van der Waals surface area (Å²) >= 11 is 17.2. The molecule has 174 valence electrons. The first-order valence-electron chi connectivity index (χ1n) is 10.5. The number of hydrogen-bond donors (Lipinski definition) is 1. The van der Waals surface area contributed by atoms with Gasteiger partial charge in [-0.15, -0.1) is 11.8 Å². The molecule has 0 aromatic heterocycles. The van der Waals surface area contributed by atoms with E-state index in [2.05, 4.69) is 21.2 Å². The van der Waals surface area contributed by atoms with Crippen LogP contribution < -0.4 is 5.32 Å². The van der Waals surface area contributed by atoms with E-state index in [1.807, 2.05) is 51.1 Å².